The van der Waals surface area contributed by atoms with Crippen LogP contribution in [-0.4, -0.2) is 53.9 Å². The lowest BCUT2D eigenvalue weighted by molar-refractivity contribution is -0.141. The fraction of sp³-hybridized carbons (Fsp3) is 0.818. The summed E-state index contributed by atoms with van der Waals surface area (Å²) in [5.74, 6) is -1.59. The van der Waals surface area contributed by atoms with Gasteiger partial charge >= 0.3 is 5.97 Å². The van der Waals surface area contributed by atoms with E-state index in [0.717, 1.165) is 6.26 Å². The van der Waals surface area contributed by atoms with Crippen molar-refractivity contribution >= 4 is 21.7 Å². The van der Waals surface area contributed by atoms with Crippen molar-refractivity contribution in [1.82, 2.24) is 4.90 Å². The summed E-state index contributed by atoms with van der Waals surface area (Å²) in [6.07, 6.45) is 0.792. The predicted octanol–water partition coefficient (Wildman–Crippen LogP) is 0.521. The van der Waals surface area contributed by atoms with Gasteiger partial charge in [0.1, 0.15) is 4.75 Å². The summed E-state index contributed by atoms with van der Waals surface area (Å²) in [5.41, 5.74) is 0. The van der Waals surface area contributed by atoms with Crippen LogP contribution in [0.25, 0.3) is 0 Å². The van der Waals surface area contributed by atoms with Crippen molar-refractivity contribution in [2.75, 3.05) is 12.8 Å². The fourth-order valence-electron chi connectivity index (χ4n) is 1.52. The number of carboxylic acids is 1. The average Bonchev–Trinajstić information content (AvgIpc) is 2.15. The lowest BCUT2D eigenvalue weighted by Gasteiger charge is -2.33. The van der Waals surface area contributed by atoms with E-state index in [1.807, 2.05) is 0 Å². The summed E-state index contributed by atoms with van der Waals surface area (Å²) < 4.78 is 21.6. The van der Waals surface area contributed by atoms with E-state index in [2.05, 4.69) is 0 Å². The maximum atomic E-state index is 12.2. The molecule has 1 N–H and O–H groups in total. The van der Waals surface area contributed by atoms with E-state index in [4.69, 9.17) is 5.11 Å². The number of sulfone groups is 1. The van der Waals surface area contributed by atoms with Gasteiger partial charge in [0.15, 0.2) is 9.84 Å². The Morgan fingerprint density at radius 1 is 1.33 bits per heavy atom. The Hall–Kier alpha value is -1.11. The van der Waals surface area contributed by atoms with E-state index in [9.17, 15) is 18.0 Å². The van der Waals surface area contributed by atoms with E-state index < -0.39 is 32.5 Å². The number of carboxylic acid groups (broad SMARTS) is 1. The molecule has 0 aromatic heterocycles. The molecule has 0 aromatic carbocycles. The van der Waals surface area contributed by atoms with Crippen LogP contribution in [0.1, 0.15) is 34.1 Å². The number of amides is 1. The molecule has 1 amide bonds. The molecule has 0 fully saturated rings. The number of rotatable bonds is 6. The second-order valence-electron chi connectivity index (χ2n) is 4.82. The summed E-state index contributed by atoms with van der Waals surface area (Å²) in [7, 11) is -3.56. The molecule has 6 nitrogen and oxygen atoms in total. The lowest BCUT2D eigenvalue weighted by atomic mass is 10.1. The molecule has 1 atom stereocenters. The highest BCUT2D eigenvalue weighted by atomic mass is 32.2. The van der Waals surface area contributed by atoms with E-state index >= 15 is 0 Å². The Balaban J connectivity index is 5.21. The van der Waals surface area contributed by atoms with Crippen molar-refractivity contribution in [3.05, 3.63) is 0 Å². The lowest BCUT2D eigenvalue weighted by Crippen LogP contribution is -2.52. The molecule has 0 heterocycles. The molecule has 0 aliphatic heterocycles. The second-order valence-corrected chi connectivity index (χ2v) is 7.39. The van der Waals surface area contributed by atoms with Crippen molar-refractivity contribution in [2.45, 2.75) is 44.9 Å². The first kappa shape index (κ1) is 16.9. The Morgan fingerprint density at radius 3 is 2.06 bits per heavy atom. The molecule has 1 unspecified atom stereocenters. The normalized spacial score (nSPS) is 14.1. The van der Waals surface area contributed by atoms with Gasteiger partial charge in [0.25, 0.3) is 0 Å². The van der Waals surface area contributed by atoms with Gasteiger partial charge in [-0.15, -0.1) is 0 Å². The summed E-state index contributed by atoms with van der Waals surface area (Å²) in [5, 5.41) is 8.72. The Morgan fingerprint density at radius 2 is 1.78 bits per heavy atom. The Labute approximate surface area is 108 Å². The first-order chi connectivity index (χ1) is 7.95. The van der Waals surface area contributed by atoms with Gasteiger partial charge in [0.2, 0.25) is 5.91 Å². The molecule has 18 heavy (non-hydrogen) atoms. The molecule has 0 aromatic rings. The molecule has 0 spiro atoms. The van der Waals surface area contributed by atoms with Crippen molar-refractivity contribution in [3.8, 4) is 0 Å². The fourth-order valence-corrected chi connectivity index (χ4v) is 1.96. The molecule has 106 valence electrons. The smallest absolute Gasteiger partial charge is 0.305 e. The number of nitrogens with zero attached hydrogens (tertiary/aromatic N) is 1. The van der Waals surface area contributed by atoms with Crippen LogP contribution in [-0.2, 0) is 19.4 Å². The van der Waals surface area contributed by atoms with Crippen LogP contribution in [0.2, 0.25) is 0 Å². The third kappa shape index (κ3) is 3.69. The van der Waals surface area contributed by atoms with Crippen molar-refractivity contribution < 1.29 is 23.1 Å². The zero-order valence-electron chi connectivity index (χ0n) is 11.4. The maximum absolute atomic E-state index is 12.2. The minimum Gasteiger partial charge on any atom is -0.481 e. The minimum absolute atomic E-state index is 0.209. The molecule has 0 radical (unpaired) electrons. The Bertz CT molecular complexity index is 427. The van der Waals surface area contributed by atoms with Gasteiger partial charge in [-0.05, 0) is 27.7 Å². The number of hydrogen-bond donors (Lipinski definition) is 1. The highest BCUT2D eigenvalue weighted by Gasteiger charge is 2.42. The van der Waals surface area contributed by atoms with Crippen LogP contribution in [0.4, 0.5) is 0 Å². The van der Waals surface area contributed by atoms with E-state index in [0.29, 0.717) is 0 Å². The molecule has 7 heteroatoms. The summed E-state index contributed by atoms with van der Waals surface area (Å²) in [6, 6.07) is -0.541. The van der Waals surface area contributed by atoms with Gasteiger partial charge in [0.05, 0.1) is 6.42 Å². The highest BCUT2D eigenvalue weighted by molar-refractivity contribution is 7.92. The molecule has 0 saturated carbocycles. The van der Waals surface area contributed by atoms with Crippen LogP contribution < -0.4 is 0 Å². The zero-order valence-corrected chi connectivity index (χ0v) is 12.2. The molecule has 0 bridgehead atoms. The third-order valence-corrected chi connectivity index (χ3v) is 5.07. The first-order valence-corrected chi connectivity index (χ1v) is 7.56. The number of hydrogen-bond acceptors (Lipinski definition) is 4. The maximum Gasteiger partial charge on any atom is 0.305 e. The van der Waals surface area contributed by atoms with Gasteiger partial charge in [-0.1, -0.05) is 0 Å². The van der Waals surface area contributed by atoms with Gasteiger partial charge in [0, 0.05) is 18.8 Å². The van der Waals surface area contributed by atoms with Gasteiger partial charge in [-0.2, -0.15) is 0 Å². The van der Waals surface area contributed by atoms with Crippen LogP contribution in [0.15, 0.2) is 0 Å². The van der Waals surface area contributed by atoms with Crippen LogP contribution >= 0.6 is 0 Å². The van der Waals surface area contributed by atoms with Crippen LogP contribution in [0, 0.1) is 0 Å². The van der Waals surface area contributed by atoms with Gasteiger partial charge in [-0.3, -0.25) is 9.59 Å². The van der Waals surface area contributed by atoms with Gasteiger partial charge in [-0.25, -0.2) is 8.42 Å². The summed E-state index contributed by atoms with van der Waals surface area (Å²) in [6.45, 7) is 6.22. The number of carbonyl (C=O) groups excluding carboxylic acids is 1. The number of aliphatic carboxylic acids is 1. The highest BCUT2D eigenvalue weighted by Crippen LogP contribution is 2.20. The molecular formula is C11H21NO5S. The van der Waals surface area contributed by atoms with Crippen LogP contribution in [0.3, 0.4) is 0 Å². The van der Waals surface area contributed by atoms with Crippen molar-refractivity contribution in [2.24, 2.45) is 0 Å². The van der Waals surface area contributed by atoms with Crippen LogP contribution in [0.5, 0.6) is 0 Å². The Kier molecular flexibility index (Phi) is 5.34. The standard InChI is InChI=1S/C11H21NO5S/c1-6-12(8(2)7-9(13)14)10(15)11(3,4)18(5,16)17/h8H,6-7H2,1-5H3,(H,13,14). The second kappa shape index (κ2) is 5.69. The molecular weight excluding hydrogens is 258 g/mol. The van der Waals surface area contributed by atoms with E-state index in [1.165, 1.54) is 18.7 Å². The third-order valence-electron chi connectivity index (χ3n) is 3.05. The first-order valence-electron chi connectivity index (χ1n) is 5.67. The average molecular weight is 279 g/mol. The summed E-state index contributed by atoms with van der Waals surface area (Å²) in [4.78, 5) is 24.1. The molecule has 0 aliphatic carbocycles. The van der Waals surface area contributed by atoms with E-state index in [-0.39, 0.29) is 13.0 Å². The quantitative estimate of drug-likeness (QED) is 0.765. The molecule has 0 saturated heterocycles. The predicted molar refractivity (Wildman–Crippen MR) is 68.0 cm³/mol. The van der Waals surface area contributed by atoms with Crippen molar-refractivity contribution in [1.29, 1.82) is 0 Å². The van der Waals surface area contributed by atoms with Crippen molar-refractivity contribution in [3.63, 3.8) is 0 Å². The number of carbonyl (C=O) groups is 2. The largest absolute Gasteiger partial charge is 0.481 e. The van der Waals surface area contributed by atoms with E-state index in [1.54, 1.807) is 13.8 Å². The minimum atomic E-state index is -3.56. The SMILES string of the molecule is CCN(C(=O)C(C)(C)S(C)(=O)=O)C(C)CC(=O)O. The topological polar surface area (TPSA) is 91.8 Å². The molecule has 0 aliphatic rings. The zero-order chi connectivity index (χ0) is 14.7. The summed E-state index contributed by atoms with van der Waals surface area (Å²) >= 11 is 0. The molecule has 0 rings (SSSR count). The van der Waals surface area contributed by atoms with Gasteiger partial charge < -0.3 is 10.0 Å². The monoisotopic (exact) mass is 279 g/mol.